The Morgan fingerprint density at radius 1 is 1.27 bits per heavy atom. The predicted octanol–water partition coefficient (Wildman–Crippen LogP) is 3.63. The fraction of sp³-hybridized carbons (Fsp3) is 0.294. The lowest BCUT2D eigenvalue weighted by atomic mass is 9.95. The zero-order valence-corrected chi connectivity index (χ0v) is 13.5. The van der Waals surface area contributed by atoms with Crippen LogP contribution >= 0.6 is 11.6 Å². The second-order valence-electron chi connectivity index (χ2n) is 5.85. The number of nitrogens with zero attached hydrogens (tertiary/aromatic N) is 2. The van der Waals surface area contributed by atoms with Gasteiger partial charge in [-0.3, -0.25) is 4.79 Å². The van der Waals surface area contributed by atoms with Crippen LogP contribution in [-0.2, 0) is 12.1 Å². The van der Waals surface area contributed by atoms with Gasteiger partial charge in [0.1, 0.15) is 10.9 Å². The van der Waals surface area contributed by atoms with Crippen molar-refractivity contribution in [3.63, 3.8) is 0 Å². The Labute approximate surface area is 134 Å². The summed E-state index contributed by atoms with van der Waals surface area (Å²) in [5.41, 5.74) is 2.18. The molecule has 0 unspecified atom stereocenters. The first kappa shape index (κ1) is 14.9. The maximum absolute atomic E-state index is 12.7. The highest BCUT2D eigenvalue weighted by Gasteiger charge is 2.43. The van der Waals surface area contributed by atoms with Gasteiger partial charge in [0.2, 0.25) is 0 Å². The van der Waals surface area contributed by atoms with Crippen LogP contribution in [0.1, 0.15) is 35.3 Å². The summed E-state index contributed by atoms with van der Waals surface area (Å²) in [5.74, 6) is 0.787. The average Bonchev–Trinajstić information content (AvgIpc) is 2.69. The van der Waals surface area contributed by atoms with Gasteiger partial charge in [-0.25, -0.2) is 4.98 Å². The van der Waals surface area contributed by atoms with Crippen LogP contribution < -0.4 is 4.74 Å². The summed E-state index contributed by atoms with van der Waals surface area (Å²) in [6.07, 6.45) is 1.57. The van der Waals surface area contributed by atoms with Gasteiger partial charge in [0.15, 0.2) is 0 Å². The molecule has 0 spiro atoms. The lowest BCUT2D eigenvalue weighted by Crippen LogP contribution is -2.38. The predicted molar refractivity (Wildman–Crippen MR) is 85.1 cm³/mol. The minimum absolute atomic E-state index is 0.0139. The average molecular weight is 317 g/mol. The Kier molecular flexibility index (Phi) is 3.57. The highest BCUT2D eigenvalue weighted by atomic mass is 35.5. The molecular weight excluding hydrogens is 300 g/mol. The number of rotatable bonds is 3. The quantitative estimate of drug-likeness (QED) is 0.812. The number of pyridine rings is 1. The van der Waals surface area contributed by atoms with Crippen molar-refractivity contribution in [1.29, 1.82) is 0 Å². The van der Waals surface area contributed by atoms with E-state index in [1.54, 1.807) is 19.4 Å². The van der Waals surface area contributed by atoms with Gasteiger partial charge in [0.05, 0.1) is 18.2 Å². The zero-order chi connectivity index (χ0) is 15.9. The first-order valence-electron chi connectivity index (χ1n) is 7.04. The smallest absolute Gasteiger partial charge is 0.256 e. The van der Waals surface area contributed by atoms with E-state index in [2.05, 4.69) is 4.98 Å². The molecule has 1 aliphatic rings. The van der Waals surface area contributed by atoms with Crippen molar-refractivity contribution in [1.82, 2.24) is 9.88 Å². The van der Waals surface area contributed by atoms with Crippen LogP contribution in [0, 0.1) is 0 Å². The summed E-state index contributed by atoms with van der Waals surface area (Å²) in [5, 5.41) is 0.408. The number of ether oxygens (including phenoxy) is 1. The maximum Gasteiger partial charge on any atom is 0.256 e. The molecule has 1 aliphatic heterocycles. The van der Waals surface area contributed by atoms with Gasteiger partial charge in [-0.15, -0.1) is 0 Å². The van der Waals surface area contributed by atoms with E-state index in [1.807, 2.05) is 43.0 Å². The first-order chi connectivity index (χ1) is 10.4. The molecule has 0 saturated heterocycles. The molecule has 2 aromatic rings. The van der Waals surface area contributed by atoms with Crippen LogP contribution in [0.3, 0.4) is 0 Å². The molecule has 1 amide bonds. The topological polar surface area (TPSA) is 42.4 Å². The van der Waals surface area contributed by atoms with Crippen molar-refractivity contribution in [3.05, 3.63) is 58.4 Å². The van der Waals surface area contributed by atoms with Crippen molar-refractivity contribution in [2.75, 3.05) is 7.11 Å². The standard InChI is InChI=1S/C17H17ClN2O2/c1-17(2)14-8-15(18)19-9-13(14)16(21)20(17)10-11-4-6-12(22-3)7-5-11/h4-9H,10H2,1-3H3. The number of methoxy groups -OCH3 is 1. The fourth-order valence-electron chi connectivity index (χ4n) is 2.83. The van der Waals surface area contributed by atoms with Crippen molar-refractivity contribution < 1.29 is 9.53 Å². The van der Waals surface area contributed by atoms with Gasteiger partial charge in [-0.1, -0.05) is 23.7 Å². The molecule has 0 fully saturated rings. The number of benzene rings is 1. The van der Waals surface area contributed by atoms with Gasteiger partial charge in [-0.2, -0.15) is 0 Å². The van der Waals surface area contributed by atoms with Gasteiger partial charge >= 0.3 is 0 Å². The van der Waals surface area contributed by atoms with Crippen molar-refractivity contribution >= 4 is 17.5 Å². The van der Waals surface area contributed by atoms with Crippen LogP contribution in [-0.4, -0.2) is 22.9 Å². The lowest BCUT2D eigenvalue weighted by molar-refractivity contribution is 0.0595. The molecule has 0 radical (unpaired) electrons. The third-order valence-electron chi connectivity index (χ3n) is 4.18. The number of aromatic nitrogens is 1. The van der Waals surface area contributed by atoms with Crippen LogP contribution in [0.15, 0.2) is 36.5 Å². The molecule has 114 valence electrons. The zero-order valence-electron chi connectivity index (χ0n) is 12.8. The van der Waals surface area contributed by atoms with Crippen molar-refractivity contribution in [2.24, 2.45) is 0 Å². The number of hydrogen-bond acceptors (Lipinski definition) is 3. The van der Waals surface area contributed by atoms with E-state index in [1.165, 1.54) is 0 Å². The Bertz CT molecular complexity index is 726. The summed E-state index contributed by atoms with van der Waals surface area (Å²) in [7, 11) is 1.63. The van der Waals surface area contributed by atoms with Crippen LogP contribution in [0.2, 0.25) is 5.15 Å². The highest BCUT2D eigenvalue weighted by Crippen LogP contribution is 2.40. The molecule has 3 rings (SSSR count). The second-order valence-corrected chi connectivity index (χ2v) is 6.24. The molecule has 1 aromatic heterocycles. The molecule has 0 atom stereocenters. The van der Waals surface area contributed by atoms with E-state index in [-0.39, 0.29) is 5.91 Å². The number of carbonyl (C=O) groups excluding carboxylic acids is 1. The summed E-state index contributed by atoms with van der Waals surface area (Å²) in [4.78, 5) is 18.5. The minimum Gasteiger partial charge on any atom is -0.497 e. The van der Waals surface area contributed by atoms with Crippen molar-refractivity contribution in [3.8, 4) is 5.75 Å². The molecular formula is C17H17ClN2O2. The molecule has 0 aliphatic carbocycles. The van der Waals surface area contributed by atoms with Gasteiger partial charge < -0.3 is 9.64 Å². The SMILES string of the molecule is COc1ccc(CN2C(=O)c3cnc(Cl)cc3C2(C)C)cc1. The number of halogens is 1. The number of amides is 1. The van der Waals surface area contributed by atoms with Crippen LogP contribution in [0.4, 0.5) is 0 Å². The summed E-state index contributed by atoms with van der Waals surface area (Å²) in [6.45, 7) is 4.58. The van der Waals surface area contributed by atoms with Gasteiger partial charge in [0.25, 0.3) is 5.91 Å². The highest BCUT2D eigenvalue weighted by molar-refractivity contribution is 6.29. The molecule has 22 heavy (non-hydrogen) atoms. The van der Waals surface area contributed by atoms with Gasteiger partial charge in [0, 0.05) is 12.7 Å². The van der Waals surface area contributed by atoms with E-state index in [0.717, 1.165) is 16.9 Å². The summed E-state index contributed by atoms with van der Waals surface area (Å²) < 4.78 is 5.16. The molecule has 2 heterocycles. The Balaban J connectivity index is 1.93. The van der Waals surface area contributed by atoms with Gasteiger partial charge in [-0.05, 0) is 43.2 Å². The molecule has 1 aromatic carbocycles. The molecule has 0 bridgehead atoms. The monoisotopic (exact) mass is 316 g/mol. The van der Waals surface area contributed by atoms with E-state index >= 15 is 0 Å². The third-order valence-corrected chi connectivity index (χ3v) is 4.39. The minimum atomic E-state index is -0.418. The first-order valence-corrected chi connectivity index (χ1v) is 7.42. The number of fused-ring (bicyclic) bond motifs is 1. The second kappa shape index (κ2) is 5.29. The van der Waals surface area contributed by atoms with Crippen LogP contribution in [0.5, 0.6) is 5.75 Å². The molecule has 0 saturated carbocycles. The Hall–Kier alpha value is -2.07. The Morgan fingerprint density at radius 2 is 1.95 bits per heavy atom. The molecule has 0 N–H and O–H groups in total. The third kappa shape index (κ3) is 2.33. The summed E-state index contributed by atoms with van der Waals surface area (Å²) >= 11 is 5.98. The maximum atomic E-state index is 12.7. The van der Waals surface area contributed by atoms with E-state index in [0.29, 0.717) is 17.3 Å². The van der Waals surface area contributed by atoms with E-state index in [4.69, 9.17) is 16.3 Å². The lowest BCUT2D eigenvalue weighted by Gasteiger charge is -2.32. The largest absolute Gasteiger partial charge is 0.497 e. The van der Waals surface area contributed by atoms with E-state index in [9.17, 15) is 4.79 Å². The number of hydrogen-bond donors (Lipinski definition) is 0. The number of carbonyl (C=O) groups is 1. The Morgan fingerprint density at radius 3 is 2.59 bits per heavy atom. The summed E-state index contributed by atoms with van der Waals surface area (Å²) in [6, 6.07) is 9.51. The normalized spacial score (nSPS) is 15.8. The van der Waals surface area contributed by atoms with Crippen molar-refractivity contribution in [2.45, 2.75) is 25.9 Å². The van der Waals surface area contributed by atoms with Crippen LogP contribution in [0.25, 0.3) is 0 Å². The fourth-order valence-corrected chi connectivity index (χ4v) is 2.99. The van der Waals surface area contributed by atoms with E-state index < -0.39 is 5.54 Å². The molecule has 4 nitrogen and oxygen atoms in total. The molecule has 5 heteroatoms.